The first-order valence-electron chi connectivity index (χ1n) is 11.0. The largest absolute Gasteiger partial charge is 0.395 e. The van der Waals surface area contributed by atoms with E-state index >= 15 is 0 Å². The number of aliphatic hydroxyl groups is 1. The van der Waals surface area contributed by atoms with Crippen LogP contribution in [0.2, 0.25) is 10.0 Å². The quantitative estimate of drug-likeness (QED) is 0.548. The van der Waals surface area contributed by atoms with Gasteiger partial charge in [-0.25, -0.2) is 9.97 Å². The third-order valence-corrected chi connectivity index (χ3v) is 6.53. The zero-order valence-electron chi connectivity index (χ0n) is 18.5. The van der Waals surface area contributed by atoms with Crippen LogP contribution in [0.4, 0.5) is 5.82 Å². The molecule has 0 spiro atoms. The fourth-order valence-corrected chi connectivity index (χ4v) is 4.54. The van der Waals surface area contributed by atoms with Crippen LogP contribution in [0.15, 0.2) is 48.8 Å². The molecule has 0 unspecified atom stereocenters. The van der Waals surface area contributed by atoms with Crippen LogP contribution in [-0.2, 0) is 0 Å². The number of hydrogen-bond donors (Lipinski definition) is 1. The lowest BCUT2D eigenvalue weighted by atomic mass is 10.1. The number of fused-ring (bicyclic) bond motifs is 1. The molecular formula is C24H27Cl2N5O2. The molecule has 1 amide bonds. The SMILES string of the molecule is C[C@@H](CN(CCO)c1ncnc2cc(Cl)ccc12)N1CCN(C(=O)c2ccc(Cl)cc2)CC1. The minimum absolute atomic E-state index is 0.0230. The summed E-state index contributed by atoms with van der Waals surface area (Å²) < 4.78 is 0. The normalized spacial score (nSPS) is 15.6. The molecule has 0 saturated carbocycles. The lowest BCUT2D eigenvalue weighted by molar-refractivity contribution is 0.0586. The van der Waals surface area contributed by atoms with Crippen LogP contribution < -0.4 is 4.90 Å². The molecule has 1 aliphatic rings. The maximum atomic E-state index is 12.8. The fraction of sp³-hybridized carbons (Fsp3) is 0.375. The Labute approximate surface area is 203 Å². The van der Waals surface area contributed by atoms with Gasteiger partial charge in [-0.05, 0) is 49.4 Å². The van der Waals surface area contributed by atoms with Crippen LogP contribution in [0.3, 0.4) is 0 Å². The Morgan fingerprint density at radius 3 is 2.45 bits per heavy atom. The lowest BCUT2D eigenvalue weighted by Gasteiger charge is -2.40. The number of carbonyl (C=O) groups is 1. The molecule has 33 heavy (non-hydrogen) atoms. The van der Waals surface area contributed by atoms with Crippen molar-refractivity contribution in [2.75, 3.05) is 50.8 Å². The van der Waals surface area contributed by atoms with E-state index in [-0.39, 0.29) is 18.6 Å². The number of nitrogens with zero attached hydrogens (tertiary/aromatic N) is 5. The number of aliphatic hydroxyl groups excluding tert-OH is 1. The summed E-state index contributed by atoms with van der Waals surface area (Å²) in [6, 6.07) is 12.8. The summed E-state index contributed by atoms with van der Waals surface area (Å²) in [6.45, 7) is 6.26. The second-order valence-electron chi connectivity index (χ2n) is 8.21. The van der Waals surface area contributed by atoms with Crippen molar-refractivity contribution in [3.8, 4) is 0 Å². The molecule has 1 N–H and O–H groups in total. The van der Waals surface area contributed by atoms with E-state index in [0.29, 0.717) is 41.8 Å². The molecule has 1 saturated heterocycles. The van der Waals surface area contributed by atoms with Crippen molar-refractivity contribution in [1.29, 1.82) is 0 Å². The van der Waals surface area contributed by atoms with Crippen LogP contribution in [0, 0.1) is 0 Å². The highest BCUT2D eigenvalue weighted by Gasteiger charge is 2.26. The van der Waals surface area contributed by atoms with Gasteiger partial charge in [-0.15, -0.1) is 0 Å². The molecule has 1 fully saturated rings. The van der Waals surface area contributed by atoms with Crippen molar-refractivity contribution in [1.82, 2.24) is 19.8 Å². The van der Waals surface area contributed by atoms with Gasteiger partial charge in [0, 0.05) is 66.3 Å². The van der Waals surface area contributed by atoms with Crippen LogP contribution >= 0.6 is 23.2 Å². The Morgan fingerprint density at radius 1 is 1.06 bits per heavy atom. The van der Waals surface area contributed by atoms with Crippen molar-refractivity contribution in [2.45, 2.75) is 13.0 Å². The van der Waals surface area contributed by atoms with Crippen molar-refractivity contribution in [3.05, 3.63) is 64.4 Å². The highest BCUT2D eigenvalue weighted by molar-refractivity contribution is 6.31. The van der Waals surface area contributed by atoms with Gasteiger partial charge >= 0.3 is 0 Å². The van der Waals surface area contributed by atoms with Gasteiger partial charge in [0.25, 0.3) is 5.91 Å². The molecule has 9 heteroatoms. The predicted octanol–water partition coefficient (Wildman–Crippen LogP) is 3.58. The van der Waals surface area contributed by atoms with Gasteiger partial charge in [0.15, 0.2) is 0 Å². The first-order valence-corrected chi connectivity index (χ1v) is 11.8. The molecule has 0 aliphatic carbocycles. The number of anilines is 1. The number of carbonyl (C=O) groups excluding carboxylic acids is 1. The van der Waals surface area contributed by atoms with Gasteiger partial charge in [0.05, 0.1) is 12.1 Å². The monoisotopic (exact) mass is 487 g/mol. The van der Waals surface area contributed by atoms with E-state index in [1.54, 1.807) is 24.3 Å². The number of amides is 1. The van der Waals surface area contributed by atoms with Gasteiger partial charge in [-0.1, -0.05) is 23.2 Å². The number of piperazine rings is 1. The molecule has 7 nitrogen and oxygen atoms in total. The number of rotatable bonds is 7. The minimum Gasteiger partial charge on any atom is -0.395 e. The average Bonchev–Trinajstić information content (AvgIpc) is 2.83. The molecule has 2 aromatic carbocycles. The molecule has 174 valence electrons. The van der Waals surface area contributed by atoms with E-state index in [9.17, 15) is 9.90 Å². The number of hydrogen-bond acceptors (Lipinski definition) is 6. The summed E-state index contributed by atoms with van der Waals surface area (Å²) >= 11 is 12.1. The molecule has 0 radical (unpaired) electrons. The Morgan fingerprint density at radius 2 is 1.76 bits per heavy atom. The second kappa shape index (κ2) is 10.7. The molecule has 4 rings (SSSR count). The number of halogens is 2. The van der Waals surface area contributed by atoms with E-state index in [0.717, 1.165) is 29.8 Å². The third kappa shape index (κ3) is 5.55. The molecule has 1 aromatic heterocycles. The highest BCUT2D eigenvalue weighted by atomic mass is 35.5. The van der Waals surface area contributed by atoms with Crippen LogP contribution in [0.25, 0.3) is 10.9 Å². The van der Waals surface area contributed by atoms with Crippen LogP contribution in [-0.4, -0.2) is 82.7 Å². The van der Waals surface area contributed by atoms with Gasteiger partial charge in [0.2, 0.25) is 0 Å². The van der Waals surface area contributed by atoms with Crippen molar-refractivity contribution >= 4 is 45.8 Å². The molecule has 1 aliphatic heterocycles. The Balaban J connectivity index is 1.41. The number of aromatic nitrogens is 2. The van der Waals surface area contributed by atoms with Gasteiger partial charge in [0.1, 0.15) is 12.1 Å². The molecule has 3 aromatic rings. The summed E-state index contributed by atoms with van der Waals surface area (Å²) in [5.74, 6) is 0.820. The van der Waals surface area contributed by atoms with Crippen molar-refractivity contribution < 1.29 is 9.90 Å². The fourth-order valence-electron chi connectivity index (χ4n) is 4.25. The smallest absolute Gasteiger partial charge is 0.253 e. The summed E-state index contributed by atoms with van der Waals surface area (Å²) in [6.07, 6.45) is 1.53. The van der Waals surface area contributed by atoms with E-state index in [1.165, 1.54) is 6.33 Å². The summed E-state index contributed by atoms with van der Waals surface area (Å²) in [7, 11) is 0. The van der Waals surface area contributed by atoms with E-state index in [4.69, 9.17) is 23.2 Å². The maximum Gasteiger partial charge on any atom is 0.253 e. The standard InChI is InChI=1S/C24H27Cl2N5O2/c1-17(29-8-10-30(11-9-29)24(33)18-2-4-19(25)5-3-18)15-31(12-13-32)23-21-7-6-20(26)14-22(21)27-16-28-23/h2-7,14,16-17,32H,8-13,15H2,1H3/t17-/m0/s1. The van der Waals surface area contributed by atoms with Crippen molar-refractivity contribution in [3.63, 3.8) is 0 Å². The minimum atomic E-state index is 0.0230. The zero-order chi connectivity index (χ0) is 23.4. The Bertz CT molecular complexity index is 1100. The third-order valence-electron chi connectivity index (χ3n) is 6.05. The molecular weight excluding hydrogens is 461 g/mol. The van der Waals surface area contributed by atoms with E-state index < -0.39 is 0 Å². The number of benzene rings is 2. The summed E-state index contributed by atoms with van der Waals surface area (Å²) in [5.41, 5.74) is 1.43. The van der Waals surface area contributed by atoms with Gasteiger partial charge in [-0.3, -0.25) is 9.69 Å². The van der Waals surface area contributed by atoms with Crippen LogP contribution in [0.5, 0.6) is 0 Å². The van der Waals surface area contributed by atoms with Crippen LogP contribution in [0.1, 0.15) is 17.3 Å². The Kier molecular flexibility index (Phi) is 7.65. The van der Waals surface area contributed by atoms with Crippen molar-refractivity contribution in [2.24, 2.45) is 0 Å². The highest BCUT2D eigenvalue weighted by Crippen LogP contribution is 2.26. The summed E-state index contributed by atoms with van der Waals surface area (Å²) in [5, 5.41) is 11.8. The average molecular weight is 488 g/mol. The van der Waals surface area contributed by atoms with Gasteiger partial charge < -0.3 is 14.9 Å². The molecule has 1 atom stereocenters. The molecule has 0 bridgehead atoms. The van der Waals surface area contributed by atoms with E-state index in [1.807, 2.05) is 23.1 Å². The Hall–Kier alpha value is -2.45. The van der Waals surface area contributed by atoms with Gasteiger partial charge in [-0.2, -0.15) is 0 Å². The zero-order valence-corrected chi connectivity index (χ0v) is 20.0. The summed E-state index contributed by atoms with van der Waals surface area (Å²) in [4.78, 5) is 28.0. The lowest BCUT2D eigenvalue weighted by Crippen LogP contribution is -2.54. The van der Waals surface area contributed by atoms with E-state index in [2.05, 4.69) is 26.7 Å². The molecule has 2 heterocycles. The predicted molar refractivity (Wildman–Crippen MR) is 132 cm³/mol. The first-order chi connectivity index (χ1) is 16.0. The topological polar surface area (TPSA) is 72.8 Å². The maximum absolute atomic E-state index is 12.8. The first kappa shape index (κ1) is 23.7. The second-order valence-corrected chi connectivity index (χ2v) is 9.09.